The van der Waals surface area contributed by atoms with Gasteiger partial charge in [-0.2, -0.15) is 0 Å². The molecular formula is C12H28N2O. The molecule has 0 aliphatic heterocycles. The zero-order valence-corrected chi connectivity index (χ0v) is 10.6. The van der Waals surface area contributed by atoms with Crippen LogP contribution in [-0.4, -0.2) is 32.8 Å². The first-order valence-electron chi connectivity index (χ1n) is 6.19. The largest absolute Gasteiger partial charge is 0.383 e. The van der Waals surface area contributed by atoms with Crippen LogP contribution >= 0.6 is 0 Å². The lowest BCUT2D eigenvalue weighted by molar-refractivity contribution is 0.178. The van der Waals surface area contributed by atoms with Crippen LogP contribution in [0.2, 0.25) is 0 Å². The number of hydrogen-bond acceptors (Lipinski definition) is 3. The molecule has 0 aliphatic carbocycles. The van der Waals surface area contributed by atoms with E-state index in [9.17, 15) is 0 Å². The fourth-order valence-corrected chi connectivity index (χ4v) is 1.69. The highest BCUT2D eigenvalue weighted by molar-refractivity contribution is 4.66. The number of unbranched alkanes of at least 4 members (excludes halogenated alkanes) is 1. The van der Waals surface area contributed by atoms with Gasteiger partial charge in [0.15, 0.2) is 0 Å². The highest BCUT2D eigenvalue weighted by Gasteiger charge is 2.06. The van der Waals surface area contributed by atoms with Gasteiger partial charge in [0, 0.05) is 19.7 Å². The van der Waals surface area contributed by atoms with Crippen LogP contribution in [0.4, 0.5) is 0 Å². The highest BCUT2D eigenvalue weighted by Crippen LogP contribution is 2.10. The molecule has 0 aromatic heterocycles. The van der Waals surface area contributed by atoms with Crippen molar-refractivity contribution in [1.82, 2.24) is 5.32 Å². The third kappa shape index (κ3) is 8.85. The van der Waals surface area contributed by atoms with E-state index in [-0.39, 0.29) is 6.04 Å². The molecule has 0 rings (SSSR count). The zero-order valence-electron chi connectivity index (χ0n) is 10.6. The summed E-state index contributed by atoms with van der Waals surface area (Å²) < 4.78 is 4.99. The van der Waals surface area contributed by atoms with E-state index in [2.05, 4.69) is 19.2 Å². The van der Waals surface area contributed by atoms with Crippen LogP contribution in [0.25, 0.3) is 0 Å². The minimum atomic E-state index is 0.124. The third-order valence-corrected chi connectivity index (χ3v) is 2.76. The van der Waals surface area contributed by atoms with Gasteiger partial charge in [-0.15, -0.1) is 0 Å². The molecule has 0 amide bonds. The molecule has 0 fully saturated rings. The Hall–Kier alpha value is -0.120. The maximum atomic E-state index is 5.82. The van der Waals surface area contributed by atoms with E-state index >= 15 is 0 Å². The minimum Gasteiger partial charge on any atom is -0.383 e. The monoisotopic (exact) mass is 216 g/mol. The topological polar surface area (TPSA) is 47.3 Å². The van der Waals surface area contributed by atoms with Crippen molar-refractivity contribution in [2.75, 3.05) is 26.8 Å². The first-order valence-corrected chi connectivity index (χ1v) is 6.19. The van der Waals surface area contributed by atoms with Gasteiger partial charge in [0.2, 0.25) is 0 Å². The molecule has 3 heteroatoms. The molecule has 0 radical (unpaired) electrons. The summed E-state index contributed by atoms with van der Waals surface area (Å²) >= 11 is 0. The molecule has 3 nitrogen and oxygen atoms in total. The summed E-state index contributed by atoms with van der Waals surface area (Å²) in [5.74, 6) is 0.805. The molecule has 92 valence electrons. The van der Waals surface area contributed by atoms with E-state index in [1.54, 1.807) is 7.11 Å². The molecule has 2 atom stereocenters. The Morgan fingerprint density at radius 1 is 1.27 bits per heavy atom. The van der Waals surface area contributed by atoms with Crippen LogP contribution in [-0.2, 0) is 4.74 Å². The Kier molecular flexibility index (Phi) is 10.3. The van der Waals surface area contributed by atoms with Gasteiger partial charge in [-0.25, -0.2) is 0 Å². The molecular weight excluding hydrogens is 188 g/mol. The molecule has 0 bridgehead atoms. The number of methoxy groups -OCH3 is 1. The molecule has 0 aliphatic rings. The normalized spacial score (nSPS) is 15.2. The average Bonchev–Trinajstić information content (AvgIpc) is 2.23. The molecule has 0 saturated carbocycles. The molecule has 0 aromatic rings. The SMILES string of the molecule is CCCCC(CC)CNCC(N)COC. The van der Waals surface area contributed by atoms with Gasteiger partial charge in [-0.05, 0) is 18.9 Å². The molecule has 0 saturated heterocycles. The fraction of sp³-hybridized carbons (Fsp3) is 1.00. The van der Waals surface area contributed by atoms with Crippen LogP contribution in [0.15, 0.2) is 0 Å². The first-order chi connectivity index (χ1) is 7.24. The zero-order chi connectivity index (χ0) is 11.5. The van der Waals surface area contributed by atoms with Gasteiger partial charge in [0.05, 0.1) is 6.61 Å². The Balaban J connectivity index is 3.44. The second-order valence-corrected chi connectivity index (χ2v) is 4.29. The lowest BCUT2D eigenvalue weighted by atomic mass is 9.99. The summed E-state index contributed by atoms with van der Waals surface area (Å²) in [6, 6.07) is 0.124. The van der Waals surface area contributed by atoms with Crippen molar-refractivity contribution in [3.63, 3.8) is 0 Å². The van der Waals surface area contributed by atoms with E-state index in [1.165, 1.54) is 25.7 Å². The van der Waals surface area contributed by atoms with Crippen molar-refractivity contribution in [2.45, 2.75) is 45.6 Å². The van der Waals surface area contributed by atoms with Gasteiger partial charge >= 0.3 is 0 Å². The number of rotatable bonds is 10. The Bertz CT molecular complexity index is 131. The van der Waals surface area contributed by atoms with Crippen molar-refractivity contribution >= 4 is 0 Å². The van der Waals surface area contributed by atoms with Crippen molar-refractivity contribution < 1.29 is 4.74 Å². The quantitative estimate of drug-likeness (QED) is 0.585. The number of ether oxygens (including phenoxy) is 1. The van der Waals surface area contributed by atoms with Gasteiger partial charge < -0.3 is 15.8 Å². The van der Waals surface area contributed by atoms with Crippen LogP contribution in [0, 0.1) is 5.92 Å². The van der Waals surface area contributed by atoms with E-state index in [0.29, 0.717) is 6.61 Å². The second kappa shape index (κ2) is 10.4. The summed E-state index contributed by atoms with van der Waals surface area (Å²) in [4.78, 5) is 0. The van der Waals surface area contributed by atoms with Crippen molar-refractivity contribution in [3.8, 4) is 0 Å². The summed E-state index contributed by atoms with van der Waals surface area (Å²) in [5, 5.41) is 3.42. The highest BCUT2D eigenvalue weighted by atomic mass is 16.5. The fourth-order valence-electron chi connectivity index (χ4n) is 1.69. The maximum Gasteiger partial charge on any atom is 0.0626 e. The summed E-state index contributed by atoms with van der Waals surface area (Å²) in [6.45, 7) is 7.09. The molecule has 0 aromatic carbocycles. The summed E-state index contributed by atoms with van der Waals surface area (Å²) in [6.07, 6.45) is 5.22. The van der Waals surface area contributed by atoms with E-state index in [0.717, 1.165) is 19.0 Å². The molecule has 2 unspecified atom stereocenters. The molecule has 15 heavy (non-hydrogen) atoms. The van der Waals surface area contributed by atoms with E-state index in [4.69, 9.17) is 10.5 Å². The minimum absolute atomic E-state index is 0.124. The lowest BCUT2D eigenvalue weighted by Crippen LogP contribution is -2.39. The second-order valence-electron chi connectivity index (χ2n) is 4.29. The summed E-state index contributed by atoms with van der Waals surface area (Å²) in [7, 11) is 1.69. The van der Waals surface area contributed by atoms with Gasteiger partial charge in [-0.3, -0.25) is 0 Å². The van der Waals surface area contributed by atoms with Crippen LogP contribution < -0.4 is 11.1 Å². The van der Waals surface area contributed by atoms with Crippen molar-refractivity contribution in [1.29, 1.82) is 0 Å². The van der Waals surface area contributed by atoms with E-state index < -0.39 is 0 Å². The van der Waals surface area contributed by atoms with Gasteiger partial charge in [0.1, 0.15) is 0 Å². The average molecular weight is 216 g/mol. The van der Waals surface area contributed by atoms with Crippen molar-refractivity contribution in [2.24, 2.45) is 11.7 Å². The van der Waals surface area contributed by atoms with Crippen LogP contribution in [0.1, 0.15) is 39.5 Å². The lowest BCUT2D eigenvalue weighted by Gasteiger charge is -2.17. The smallest absolute Gasteiger partial charge is 0.0626 e. The third-order valence-electron chi connectivity index (χ3n) is 2.76. The van der Waals surface area contributed by atoms with Crippen molar-refractivity contribution in [3.05, 3.63) is 0 Å². The number of nitrogens with two attached hydrogens (primary N) is 1. The first kappa shape index (κ1) is 14.9. The van der Waals surface area contributed by atoms with Crippen LogP contribution in [0.3, 0.4) is 0 Å². The Labute approximate surface area is 94.8 Å². The number of hydrogen-bond donors (Lipinski definition) is 2. The predicted molar refractivity (Wildman–Crippen MR) is 66.0 cm³/mol. The molecule has 0 heterocycles. The van der Waals surface area contributed by atoms with Gasteiger partial charge in [-0.1, -0.05) is 33.1 Å². The standard InChI is InChI=1S/C12H28N2O/c1-4-6-7-11(5-2)8-14-9-12(13)10-15-3/h11-12,14H,4-10,13H2,1-3H3. The predicted octanol–water partition coefficient (Wildman–Crippen LogP) is 1.77. The molecule has 3 N–H and O–H groups in total. The Morgan fingerprint density at radius 3 is 2.53 bits per heavy atom. The Morgan fingerprint density at radius 2 is 2.00 bits per heavy atom. The van der Waals surface area contributed by atoms with E-state index in [1.807, 2.05) is 0 Å². The summed E-state index contributed by atoms with van der Waals surface area (Å²) in [5.41, 5.74) is 5.82. The maximum absolute atomic E-state index is 5.82. The molecule has 0 spiro atoms. The van der Waals surface area contributed by atoms with Crippen LogP contribution in [0.5, 0.6) is 0 Å². The van der Waals surface area contributed by atoms with Gasteiger partial charge in [0.25, 0.3) is 0 Å². The number of nitrogens with one attached hydrogen (secondary N) is 1.